The van der Waals surface area contributed by atoms with Gasteiger partial charge in [-0.2, -0.15) is 0 Å². The largest absolute Gasteiger partial charge is 0.660 e. The van der Waals surface area contributed by atoms with Crippen LogP contribution in [0.4, 0.5) is 0 Å². The average molecular weight is 628 g/mol. The van der Waals surface area contributed by atoms with Crippen molar-refractivity contribution in [3.8, 4) is 0 Å². The van der Waals surface area contributed by atoms with Gasteiger partial charge in [0.25, 0.3) is 10.2 Å². The number of hydrogen-bond acceptors (Lipinski definition) is 6. The zero-order chi connectivity index (χ0) is 29.6. The summed E-state index contributed by atoms with van der Waals surface area (Å²) in [4.78, 5) is 21.4. The standard InChI is InChI=1S/C13H23N3.C13H19N3.Cu.2HNO3/c2*1-2-11-16(12-7-3-5-9-14-12)13-8-4-6-10-15-13;;2*2-1(3)4/h2,12-13H,1,3-11H2;2-3,5,7,13H,1,4,6,8-11H2;;2*(H,2,3,4)/q2*-2;;;. The topological polar surface area (TPSA) is 190 Å². The summed E-state index contributed by atoms with van der Waals surface area (Å²) in [5.41, 5.74) is 0. The van der Waals surface area contributed by atoms with E-state index < -0.39 is 10.2 Å². The Morgan fingerprint density at radius 1 is 0.829 bits per heavy atom. The van der Waals surface area contributed by atoms with Crippen LogP contribution in [0.3, 0.4) is 0 Å². The van der Waals surface area contributed by atoms with Gasteiger partial charge >= 0.3 is 0 Å². The molecule has 3 saturated heterocycles. The van der Waals surface area contributed by atoms with Crippen molar-refractivity contribution in [2.75, 3.05) is 39.3 Å². The van der Waals surface area contributed by atoms with Crippen LogP contribution < -0.4 is 0 Å². The van der Waals surface area contributed by atoms with Crippen molar-refractivity contribution >= 4 is 0 Å². The molecule has 0 saturated carbocycles. The summed E-state index contributed by atoms with van der Waals surface area (Å²) in [6, 6.07) is 0. The number of piperidine rings is 3. The van der Waals surface area contributed by atoms with E-state index in [2.05, 4.69) is 51.8 Å². The molecule has 14 nitrogen and oxygen atoms in total. The summed E-state index contributed by atoms with van der Waals surface area (Å²) >= 11 is 0. The van der Waals surface area contributed by atoms with Crippen LogP contribution in [-0.2, 0) is 17.1 Å². The summed E-state index contributed by atoms with van der Waals surface area (Å²) in [6.07, 6.45) is 22.4. The third-order valence-corrected chi connectivity index (χ3v) is 6.46. The van der Waals surface area contributed by atoms with E-state index in [1.165, 1.54) is 51.4 Å². The van der Waals surface area contributed by atoms with Crippen molar-refractivity contribution in [2.24, 2.45) is 0 Å². The third-order valence-electron chi connectivity index (χ3n) is 6.46. The molecule has 3 atom stereocenters. The van der Waals surface area contributed by atoms with E-state index in [-0.39, 0.29) is 17.1 Å². The first-order valence-corrected chi connectivity index (χ1v) is 13.7. The Morgan fingerprint density at radius 2 is 1.27 bits per heavy atom. The molecule has 1 radical (unpaired) electrons. The Bertz CT molecular complexity index is 763. The normalized spacial score (nSPS) is 23.0. The van der Waals surface area contributed by atoms with Gasteiger partial charge in [0.15, 0.2) is 0 Å². The average Bonchev–Trinajstić information content (AvgIpc) is 2.96. The second-order valence-electron chi connectivity index (χ2n) is 9.34. The van der Waals surface area contributed by atoms with Crippen molar-refractivity contribution in [3.63, 3.8) is 0 Å². The monoisotopic (exact) mass is 627 g/mol. The predicted molar refractivity (Wildman–Crippen MR) is 154 cm³/mol. The molecule has 4 heterocycles. The number of nitrogens with zero attached hydrogens (tertiary/aromatic N) is 8. The van der Waals surface area contributed by atoms with Crippen LogP contribution in [0.15, 0.2) is 49.4 Å². The van der Waals surface area contributed by atoms with E-state index >= 15 is 0 Å². The number of hydrogen-bond donors (Lipinski definition) is 2. The van der Waals surface area contributed by atoms with E-state index in [1.807, 2.05) is 12.2 Å². The van der Waals surface area contributed by atoms with Crippen LogP contribution in [0.2, 0.25) is 0 Å². The minimum absolute atomic E-state index is 0. The molecule has 15 heteroatoms. The fourth-order valence-corrected chi connectivity index (χ4v) is 4.81. The Kier molecular flexibility index (Phi) is 22.4. The molecule has 4 aliphatic heterocycles. The van der Waals surface area contributed by atoms with Crippen LogP contribution in [0.1, 0.15) is 57.8 Å². The van der Waals surface area contributed by atoms with Crippen molar-refractivity contribution in [2.45, 2.75) is 76.3 Å². The van der Waals surface area contributed by atoms with Gasteiger partial charge in [-0.3, -0.25) is 0 Å². The maximum Gasteiger partial charge on any atom is 0.291 e. The molecular weight excluding hydrogens is 584 g/mol. The van der Waals surface area contributed by atoms with E-state index in [4.69, 9.17) is 41.3 Å². The molecule has 4 rings (SSSR count). The molecule has 0 amide bonds. The Hall–Kier alpha value is -2.68. The molecule has 2 N–H and O–H groups in total. The van der Waals surface area contributed by atoms with Gasteiger partial charge in [-0.1, -0.05) is 106 Å². The Labute approximate surface area is 253 Å². The van der Waals surface area contributed by atoms with Gasteiger partial charge in [-0.25, -0.2) is 0 Å². The van der Waals surface area contributed by atoms with Gasteiger partial charge in [-0.05, 0) is 13.1 Å². The van der Waals surface area contributed by atoms with Gasteiger partial charge in [0.05, 0.1) is 0 Å². The van der Waals surface area contributed by atoms with Crippen molar-refractivity contribution in [1.82, 2.24) is 9.80 Å². The minimum Gasteiger partial charge on any atom is -0.660 e. The van der Waals surface area contributed by atoms with E-state index in [9.17, 15) is 0 Å². The smallest absolute Gasteiger partial charge is 0.291 e. The molecule has 0 aromatic heterocycles. The summed E-state index contributed by atoms with van der Waals surface area (Å²) in [5, 5.41) is 46.0. The molecule has 3 unspecified atom stereocenters. The maximum atomic E-state index is 8.36. The predicted octanol–water partition coefficient (Wildman–Crippen LogP) is 5.69. The second-order valence-corrected chi connectivity index (χ2v) is 9.34. The summed E-state index contributed by atoms with van der Waals surface area (Å²) in [5.74, 6) is 1.05. The Balaban J connectivity index is 0.000000609. The molecule has 0 aliphatic carbocycles. The zero-order valence-corrected chi connectivity index (χ0v) is 24.5. The quantitative estimate of drug-likeness (QED) is 0.148. The third kappa shape index (κ3) is 17.7. The number of allylic oxidation sites excluding steroid dienone is 2. The van der Waals surface area contributed by atoms with Crippen molar-refractivity contribution < 1.29 is 37.7 Å². The van der Waals surface area contributed by atoms with Crippen LogP contribution in [0.25, 0.3) is 21.3 Å². The Morgan fingerprint density at radius 3 is 1.61 bits per heavy atom. The van der Waals surface area contributed by atoms with Gasteiger partial charge in [0, 0.05) is 23.6 Å². The van der Waals surface area contributed by atoms with Crippen LogP contribution in [0.5, 0.6) is 0 Å². The van der Waals surface area contributed by atoms with E-state index in [0.717, 1.165) is 51.5 Å². The molecule has 239 valence electrons. The fraction of sp³-hybridized carbons (Fsp3) is 0.692. The van der Waals surface area contributed by atoms with Crippen LogP contribution in [-0.4, -0.2) is 88.2 Å². The molecule has 0 aromatic rings. The zero-order valence-electron chi connectivity index (χ0n) is 23.5. The van der Waals surface area contributed by atoms with Crippen molar-refractivity contribution in [1.29, 1.82) is 0 Å². The van der Waals surface area contributed by atoms with Gasteiger partial charge < -0.3 is 41.5 Å². The molecule has 41 heavy (non-hydrogen) atoms. The molecule has 4 aliphatic rings. The molecule has 0 aromatic carbocycles. The van der Waals surface area contributed by atoms with Gasteiger partial charge in [0.1, 0.15) is 0 Å². The summed E-state index contributed by atoms with van der Waals surface area (Å²) in [7, 11) is 0. The van der Waals surface area contributed by atoms with Crippen molar-refractivity contribution in [3.05, 3.63) is 90.9 Å². The molecule has 0 spiro atoms. The van der Waals surface area contributed by atoms with Crippen LogP contribution >= 0.6 is 0 Å². The summed E-state index contributed by atoms with van der Waals surface area (Å²) < 4.78 is 0. The number of rotatable bonds is 8. The molecular formula is C26H44CuN8O6-4. The minimum atomic E-state index is -1.50. The van der Waals surface area contributed by atoms with E-state index in [1.54, 1.807) is 0 Å². The SMILES string of the molecule is C=CCN(C1=CC=CC[N-]1)C1CCCC[N-]1.C=CCN(C1CCCC[N-]1)C1CCCC[N-]1.O=[N+]([O-])O.O=[N+]([O-])O.[Cu]. The first-order valence-electron chi connectivity index (χ1n) is 13.7. The second kappa shape index (κ2) is 24.0. The molecule has 3 fully saturated rings. The van der Waals surface area contributed by atoms with Crippen LogP contribution in [0, 0.1) is 20.2 Å². The first-order chi connectivity index (χ1) is 19.3. The van der Waals surface area contributed by atoms with Gasteiger partial charge in [-0.15, -0.1) is 59.2 Å². The van der Waals surface area contributed by atoms with E-state index in [0.29, 0.717) is 18.5 Å². The fourth-order valence-electron chi connectivity index (χ4n) is 4.81. The molecule has 0 bridgehead atoms. The first kappa shape index (κ1) is 38.3. The van der Waals surface area contributed by atoms with Gasteiger partial charge in [0.2, 0.25) is 0 Å². The summed E-state index contributed by atoms with van der Waals surface area (Å²) in [6.45, 7) is 13.3. The maximum absolute atomic E-state index is 8.36.